The summed E-state index contributed by atoms with van der Waals surface area (Å²) >= 11 is 0. The molecule has 8 heterocycles. The first-order chi connectivity index (χ1) is 36.2. The molecule has 8 aromatic heterocycles. The van der Waals surface area contributed by atoms with E-state index in [1.807, 2.05) is 121 Å². The van der Waals surface area contributed by atoms with Gasteiger partial charge in [0, 0.05) is 47.0 Å². The molecule has 0 aliphatic heterocycles. The Balaban J connectivity index is 1.02. The summed E-state index contributed by atoms with van der Waals surface area (Å²) in [5.74, 6) is 0. The summed E-state index contributed by atoms with van der Waals surface area (Å²) in [6, 6.07) is 83.3. The van der Waals surface area contributed by atoms with Gasteiger partial charge in [0.15, 0.2) is 0 Å². The highest BCUT2D eigenvalue weighted by Gasteiger charge is 2.39. The smallest absolute Gasteiger partial charge is 0.0893 e. The highest BCUT2D eigenvalue weighted by Crippen LogP contribution is 2.47. The van der Waals surface area contributed by atoms with Crippen molar-refractivity contribution in [3.8, 4) is 90.6 Å². The fraction of sp³-hybridized carbons (Fsp3) is 0.0154. The van der Waals surface area contributed by atoms with Gasteiger partial charge in [0.05, 0.1) is 73.7 Å². The Morgan fingerprint density at radius 2 is 0.384 bits per heavy atom. The third kappa shape index (κ3) is 8.97. The van der Waals surface area contributed by atoms with Crippen molar-refractivity contribution in [1.29, 1.82) is 0 Å². The molecule has 0 fully saturated rings. The van der Waals surface area contributed by atoms with Crippen molar-refractivity contribution in [1.82, 2.24) is 39.9 Å². The molecule has 0 N–H and O–H groups in total. The highest BCUT2D eigenvalue weighted by atomic mass is 14.8. The van der Waals surface area contributed by atoms with Crippen LogP contribution >= 0.6 is 0 Å². The van der Waals surface area contributed by atoms with Crippen LogP contribution in [-0.4, -0.2) is 39.9 Å². The number of pyridine rings is 8. The van der Waals surface area contributed by atoms with Crippen LogP contribution in [0.15, 0.2) is 267 Å². The van der Waals surface area contributed by atoms with Crippen molar-refractivity contribution >= 4 is 0 Å². The first-order valence-corrected chi connectivity index (χ1v) is 24.1. The van der Waals surface area contributed by atoms with E-state index in [1.54, 1.807) is 24.8 Å². The van der Waals surface area contributed by atoms with Crippen LogP contribution in [0.5, 0.6) is 0 Å². The monoisotopic (exact) mass is 936 g/mol. The summed E-state index contributed by atoms with van der Waals surface area (Å²) in [5, 5.41) is 0. The minimum atomic E-state index is -0.826. The third-order valence-corrected chi connectivity index (χ3v) is 13.2. The molecule has 0 amide bonds. The fourth-order valence-corrected chi connectivity index (χ4v) is 9.57. The van der Waals surface area contributed by atoms with Gasteiger partial charge in [-0.1, -0.05) is 146 Å². The molecule has 12 rings (SSSR count). The Morgan fingerprint density at radius 3 is 0.589 bits per heavy atom. The average molecular weight is 937 g/mol. The molecule has 73 heavy (non-hydrogen) atoms. The van der Waals surface area contributed by atoms with Crippen molar-refractivity contribution < 1.29 is 0 Å². The summed E-state index contributed by atoms with van der Waals surface area (Å²) < 4.78 is 0. The van der Waals surface area contributed by atoms with Crippen LogP contribution in [0.3, 0.4) is 0 Å². The Bertz CT molecular complexity index is 3290. The van der Waals surface area contributed by atoms with Gasteiger partial charge in [-0.25, -0.2) is 19.9 Å². The van der Waals surface area contributed by atoms with E-state index >= 15 is 0 Å². The molecule has 0 saturated carbocycles. The van der Waals surface area contributed by atoms with Crippen LogP contribution in [0.1, 0.15) is 22.3 Å². The quantitative estimate of drug-likeness (QED) is 0.112. The van der Waals surface area contributed by atoms with Crippen molar-refractivity contribution in [3.05, 3.63) is 290 Å². The number of nitrogens with zero attached hydrogens (tertiary/aromatic N) is 8. The van der Waals surface area contributed by atoms with Gasteiger partial charge in [0.25, 0.3) is 0 Å². The molecule has 0 saturated heterocycles. The Morgan fingerprint density at radius 1 is 0.178 bits per heavy atom. The molecule has 0 atom stereocenters. The van der Waals surface area contributed by atoms with E-state index in [4.69, 9.17) is 19.9 Å². The second-order valence-corrected chi connectivity index (χ2v) is 17.6. The molecule has 344 valence electrons. The zero-order chi connectivity index (χ0) is 48.8. The third-order valence-electron chi connectivity index (χ3n) is 13.2. The maximum absolute atomic E-state index is 5.08. The fourth-order valence-electron chi connectivity index (χ4n) is 9.57. The summed E-state index contributed by atoms with van der Waals surface area (Å²) in [7, 11) is 0. The second-order valence-electron chi connectivity index (χ2n) is 17.6. The minimum Gasteiger partial charge on any atom is -0.255 e. The van der Waals surface area contributed by atoms with Crippen molar-refractivity contribution in [2.24, 2.45) is 0 Å². The summed E-state index contributed by atoms with van der Waals surface area (Å²) in [4.78, 5) is 38.6. The molecule has 0 aliphatic rings. The maximum Gasteiger partial charge on any atom is 0.0893 e. The lowest BCUT2D eigenvalue weighted by Crippen LogP contribution is -2.31. The van der Waals surface area contributed by atoms with Crippen LogP contribution in [0, 0.1) is 0 Å². The molecule has 12 aromatic rings. The lowest BCUT2D eigenvalue weighted by Gasteiger charge is -2.37. The molecule has 0 radical (unpaired) electrons. The highest BCUT2D eigenvalue weighted by molar-refractivity contribution is 5.73. The number of hydrogen-bond acceptors (Lipinski definition) is 8. The Kier molecular flexibility index (Phi) is 12.0. The lowest BCUT2D eigenvalue weighted by atomic mass is 9.64. The van der Waals surface area contributed by atoms with E-state index in [0.29, 0.717) is 0 Å². The van der Waals surface area contributed by atoms with E-state index < -0.39 is 5.41 Å². The van der Waals surface area contributed by atoms with Crippen LogP contribution in [0.4, 0.5) is 0 Å². The van der Waals surface area contributed by atoms with E-state index in [9.17, 15) is 0 Å². The van der Waals surface area contributed by atoms with E-state index in [2.05, 4.69) is 141 Å². The van der Waals surface area contributed by atoms with Gasteiger partial charge in [-0.3, -0.25) is 19.9 Å². The topological polar surface area (TPSA) is 103 Å². The summed E-state index contributed by atoms with van der Waals surface area (Å²) in [6.07, 6.45) is 7.19. The predicted molar refractivity (Wildman–Crippen MR) is 291 cm³/mol. The first-order valence-electron chi connectivity index (χ1n) is 24.1. The van der Waals surface area contributed by atoms with Crippen LogP contribution in [-0.2, 0) is 5.41 Å². The van der Waals surface area contributed by atoms with Gasteiger partial charge in [0.1, 0.15) is 0 Å². The molecule has 0 unspecified atom stereocenters. The van der Waals surface area contributed by atoms with Gasteiger partial charge >= 0.3 is 0 Å². The first kappa shape index (κ1) is 44.3. The van der Waals surface area contributed by atoms with Gasteiger partial charge in [-0.05, 0) is 119 Å². The van der Waals surface area contributed by atoms with Gasteiger partial charge < -0.3 is 0 Å². The van der Waals surface area contributed by atoms with Crippen molar-refractivity contribution in [2.45, 2.75) is 5.41 Å². The molecular weight excluding hydrogens is 893 g/mol. The second kappa shape index (κ2) is 19.8. The molecule has 4 aromatic carbocycles. The van der Waals surface area contributed by atoms with Gasteiger partial charge in [-0.15, -0.1) is 0 Å². The summed E-state index contributed by atoms with van der Waals surface area (Å²) in [5.41, 5.74) is 17.5. The van der Waals surface area contributed by atoms with E-state index in [-0.39, 0.29) is 0 Å². The van der Waals surface area contributed by atoms with Crippen LogP contribution in [0.2, 0.25) is 0 Å². The number of rotatable bonds is 12. The SMILES string of the molecule is c1ccc(-c2cccc(-c3ccc(C(c4ccc(-c5cccc(-c6ccccn6)n5)cc4)(c4ccc(-c5cccc(-c6ccccn6)n5)cc4)c4ccc(-c5cccc(-c6ccccn6)n5)cc4)cc3)n2)nc1. The predicted octanol–water partition coefficient (Wildman–Crippen LogP) is 14.6. The van der Waals surface area contributed by atoms with Gasteiger partial charge in [-0.2, -0.15) is 0 Å². The zero-order valence-electron chi connectivity index (χ0n) is 39.5. The molecule has 0 bridgehead atoms. The summed E-state index contributed by atoms with van der Waals surface area (Å²) in [6.45, 7) is 0. The minimum absolute atomic E-state index is 0.817. The van der Waals surface area contributed by atoms with Crippen molar-refractivity contribution in [2.75, 3.05) is 0 Å². The molecule has 0 spiro atoms. The number of hydrogen-bond donors (Lipinski definition) is 0. The average Bonchev–Trinajstić information content (AvgIpc) is 3.49. The Hall–Kier alpha value is -9.92. The normalized spacial score (nSPS) is 11.3. The maximum atomic E-state index is 5.08. The molecule has 8 nitrogen and oxygen atoms in total. The Labute approximate surface area is 423 Å². The van der Waals surface area contributed by atoms with E-state index in [0.717, 1.165) is 113 Å². The van der Waals surface area contributed by atoms with Crippen molar-refractivity contribution in [3.63, 3.8) is 0 Å². The molecular formula is C65H44N8. The van der Waals surface area contributed by atoms with E-state index in [1.165, 1.54) is 0 Å². The largest absolute Gasteiger partial charge is 0.255 e. The lowest BCUT2D eigenvalue weighted by molar-refractivity contribution is 0.745. The standard InChI is InChI=1S/C65H44N8/c1-5-41-66-57(13-1)61-21-9-17-53(70-61)45-25-33-49(34-26-45)65(50-35-27-46(28-36-50)54-18-10-22-62(71-54)58-14-2-6-42-67-58,51-37-29-47(30-38-51)55-19-11-23-63(72-55)59-15-3-7-43-68-59)52-39-31-48(32-40-52)56-20-12-24-64(73-56)60-16-4-8-44-69-60/h1-44H. The molecule has 8 heteroatoms. The van der Waals surface area contributed by atoms with Crippen LogP contribution in [0.25, 0.3) is 90.6 Å². The number of aromatic nitrogens is 8. The molecule has 0 aliphatic carbocycles. The number of benzene rings is 4. The van der Waals surface area contributed by atoms with Gasteiger partial charge in [0.2, 0.25) is 0 Å². The zero-order valence-corrected chi connectivity index (χ0v) is 39.5. The van der Waals surface area contributed by atoms with Crippen LogP contribution < -0.4 is 0 Å².